The minimum atomic E-state index is -2.70. The van der Waals surface area contributed by atoms with E-state index in [1.807, 2.05) is 30.3 Å². The Balaban J connectivity index is 1.82. The van der Waals surface area contributed by atoms with Gasteiger partial charge in [-0.15, -0.1) is 0 Å². The van der Waals surface area contributed by atoms with Crippen molar-refractivity contribution in [3.8, 4) is 0 Å². The van der Waals surface area contributed by atoms with Crippen molar-refractivity contribution in [2.24, 2.45) is 5.92 Å². The molecule has 7 heteroatoms. The molecule has 2 amide bonds. The molecule has 1 aromatic carbocycles. The lowest BCUT2D eigenvalue weighted by atomic mass is 9.91. The Kier molecular flexibility index (Phi) is 5.55. The van der Waals surface area contributed by atoms with Crippen LogP contribution in [0.4, 0.5) is 8.78 Å². The quantitative estimate of drug-likeness (QED) is 0.805. The van der Waals surface area contributed by atoms with E-state index in [9.17, 15) is 18.4 Å². The first-order valence-corrected chi connectivity index (χ1v) is 8.93. The number of rotatable bonds is 5. The molecule has 0 N–H and O–H groups in total. The van der Waals surface area contributed by atoms with Gasteiger partial charge < -0.3 is 14.5 Å². The Morgan fingerprint density at radius 2 is 1.88 bits per heavy atom. The fraction of sp³-hybridized carbons (Fsp3) is 0.579. The van der Waals surface area contributed by atoms with Gasteiger partial charge in [-0.25, -0.2) is 8.78 Å². The summed E-state index contributed by atoms with van der Waals surface area (Å²) in [4.78, 5) is 28.7. The van der Waals surface area contributed by atoms with Crippen molar-refractivity contribution in [3.63, 3.8) is 0 Å². The Labute approximate surface area is 151 Å². The van der Waals surface area contributed by atoms with Gasteiger partial charge in [-0.05, 0) is 5.56 Å². The SMILES string of the molecule is COCCN1C(=O)C[C@@H](C(=O)N2CCC(F)(F)CC2)[C@@H]1c1ccccc1. The van der Waals surface area contributed by atoms with Crippen LogP contribution in [0.5, 0.6) is 0 Å². The van der Waals surface area contributed by atoms with Crippen LogP contribution in [-0.4, -0.2) is 60.9 Å². The van der Waals surface area contributed by atoms with Crippen molar-refractivity contribution < 1.29 is 23.1 Å². The van der Waals surface area contributed by atoms with E-state index in [1.54, 1.807) is 12.0 Å². The summed E-state index contributed by atoms with van der Waals surface area (Å²) in [6, 6.07) is 9.03. The van der Waals surface area contributed by atoms with Crippen LogP contribution in [0.2, 0.25) is 0 Å². The molecule has 1 aromatic rings. The van der Waals surface area contributed by atoms with Gasteiger partial charge in [-0.3, -0.25) is 9.59 Å². The number of carbonyl (C=O) groups excluding carboxylic acids is 2. The molecule has 2 fully saturated rings. The molecule has 0 spiro atoms. The van der Waals surface area contributed by atoms with Gasteiger partial charge in [0.2, 0.25) is 11.8 Å². The monoisotopic (exact) mass is 366 g/mol. The second-order valence-corrected chi connectivity index (χ2v) is 6.93. The first-order chi connectivity index (χ1) is 12.4. The lowest BCUT2D eigenvalue weighted by Crippen LogP contribution is -2.46. The summed E-state index contributed by atoms with van der Waals surface area (Å²) >= 11 is 0. The number of benzene rings is 1. The zero-order valence-electron chi connectivity index (χ0n) is 14.9. The molecule has 2 saturated heterocycles. The van der Waals surface area contributed by atoms with Gasteiger partial charge in [-0.1, -0.05) is 30.3 Å². The maximum atomic E-state index is 13.4. The largest absolute Gasteiger partial charge is 0.383 e. The number of methoxy groups -OCH3 is 1. The first kappa shape index (κ1) is 18.8. The van der Waals surface area contributed by atoms with Crippen LogP contribution in [0.3, 0.4) is 0 Å². The molecule has 0 unspecified atom stereocenters. The van der Waals surface area contributed by atoms with Crippen LogP contribution in [0, 0.1) is 5.92 Å². The van der Waals surface area contributed by atoms with Gasteiger partial charge in [0, 0.05) is 46.0 Å². The van der Waals surface area contributed by atoms with Gasteiger partial charge in [0.1, 0.15) is 0 Å². The summed E-state index contributed by atoms with van der Waals surface area (Å²) in [5, 5.41) is 0. The molecule has 3 rings (SSSR count). The molecular formula is C19H24F2N2O3. The summed E-state index contributed by atoms with van der Waals surface area (Å²) in [5.74, 6) is -3.56. The number of hydrogen-bond acceptors (Lipinski definition) is 3. The molecule has 2 heterocycles. The lowest BCUT2D eigenvalue weighted by Gasteiger charge is -2.35. The number of likely N-dealkylation sites (tertiary alicyclic amines) is 2. The first-order valence-electron chi connectivity index (χ1n) is 8.93. The van der Waals surface area contributed by atoms with Gasteiger partial charge in [-0.2, -0.15) is 0 Å². The Hall–Kier alpha value is -2.02. The van der Waals surface area contributed by atoms with Gasteiger partial charge in [0.25, 0.3) is 5.92 Å². The maximum Gasteiger partial charge on any atom is 0.251 e. The van der Waals surface area contributed by atoms with E-state index in [-0.39, 0.29) is 50.2 Å². The Bertz CT molecular complexity index is 643. The zero-order chi connectivity index (χ0) is 18.7. The van der Waals surface area contributed by atoms with Crippen LogP contribution in [0.1, 0.15) is 30.9 Å². The topological polar surface area (TPSA) is 49.9 Å². The molecule has 2 atom stereocenters. The average molecular weight is 366 g/mol. The highest BCUT2D eigenvalue weighted by molar-refractivity contribution is 5.90. The van der Waals surface area contributed by atoms with E-state index in [0.29, 0.717) is 13.2 Å². The molecule has 0 aromatic heterocycles. The lowest BCUT2D eigenvalue weighted by molar-refractivity contribution is -0.142. The van der Waals surface area contributed by atoms with Crippen molar-refractivity contribution in [2.75, 3.05) is 33.4 Å². The number of hydrogen-bond donors (Lipinski definition) is 0. The summed E-state index contributed by atoms with van der Waals surface area (Å²) < 4.78 is 31.9. The molecule has 0 saturated carbocycles. The summed E-state index contributed by atoms with van der Waals surface area (Å²) in [6.45, 7) is 0.856. The van der Waals surface area contributed by atoms with Crippen LogP contribution in [-0.2, 0) is 14.3 Å². The van der Waals surface area contributed by atoms with Gasteiger partial charge >= 0.3 is 0 Å². The highest BCUT2D eigenvalue weighted by Crippen LogP contribution is 2.40. The Morgan fingerprint density at radius 3 is 2.50 bits per heavy atom. The second-order valence-electron chi connectivity index (χ2n) is 6.93. The highest BCUT2D eigenvalue weighted by atomic mass is 19.3. The fourth-order valence-corrected chi connectivity index (χ4v) is 3.82. The zero-order valence-corrected chi connectivity index (χ0v) is 14.9. The minimum absolute atomic E-state index is 0.0378. The van der Waals surface area contributed by atoms with Gasteiger partial charge in [0.05, 0.1) is 18.6 Å². The third-order valence-electron chi connectivity index (χ3n) is 5.23. The number of halogens is 2. The molecule has 2 aliphatic heterocycles. The van der Waals surface area contributed by atoms with Crippen LogP contribution >= 0.6 is 0 Å². The van der Waals surface area contributed by atoms with E-state index < -0.39 is 11.8 Å². The normalized spacial score (nSPS) is 25.6. The van der Waals surface area contributed by atoms with E-state index in [4.69, 9.17) is 4.74 Å². The van der Waals surface area contributed by atoms with Crippen LogP contribution in [0.15, 0.2) is 30.3 Å². The van der Waals surface area contributed by atoms with E-state index in [0.717, 1.165) is 5.56 Å². The van der Waals surface area contributed by atoms with E-state index in [1.165, 1.54) is 4.90 Å². The van der Waals surface area contributed by atoms with Crippen molar-refractivity contribution in [1.29, 1.82) is 0 Å². The van der Waals surface area contributed by atoms with E-state index >= 15 is 0 Å². The molecule has 142 valence electrons. The molecule has 0 radical (unpaired) electrons. The van der Waals surface area contributed by atoms with Crippen LogP contribution in [0.25, 0.3) is 0 Å². The van der Waals surface area contributed by atoms with Gasteiger partial charge in [0.15, 0.2) is 0 Å². The number of amides is 2. The predicted molar refractivity (Wildman–Crippen MR) is 91.6 cm³/mol. The third-order valence-corrected chi connectivity index (χ3v) is 5.23. The van der Waals surface area contributed by atoms with Crippen molar-refractivity contribution >= 4 is 11.8 Å². The molecule has 2 aliphatic rings. The molecule has 5 nitrogen and oxygen atoms in total. The summed E-state index contributed by atoms with van der Waals surface area (Å²) in [5.41, 5.74) is 0.884. The predicted octanol–water partition coefficient (Wildman–Crippen LogP) is 2.48. The number of nitrogens with zero attached hydrogens (tertiary/aromatic N) is 2. The maximum absolute atomic E-state index is 13.4. The fourth-order valence-electron chi connectivity index (χ4n) is 3.82. The van der Waals surface area contributed by atoms with Crippen molar-refractivity contribution in [3.05, 3.63) is 35.9 Å². The Morgan fingerprint density at radius 1 is 1.23 bits per heavy atom. The molecule has 26 heavy (non-hydrogen) atoms. The number of alkyl halides is 2. The van der Waals surface area contributed by atoms with Crippen molar-refractivity contribution in [1.82, 2.24) is 9.80 Å². The van der Waals surface area contributed by atoms with Crippen molar-refractivity contribution in [2.45, 2.75) is 31.2 Å². The average Bonchev–Trinajstić information content (AvgIpc) is 2.96. The minimum Gasteiger partial charge on any atom is -0.383 e. The molecular weight excluding hydrogens is 342 g/mol. The van der Waals surface area contributed by atoms with Crippen LogP contribution < -0.4 is 0 Å². The number of carbonyl (C=O) groups is 2. The molecule has 0 bridgehead atoms. The molecule has 0 aliphatic carbocycles. The highest BCUT2D eigenvalue weighted by Gasteiger charge is 2.47. The standard InChI is InChI=1S/C19H24F2N2O3/c1-26-12-11-23-16(24)13-15(17(23)14-5-3-2-4-6-14)18(25)22-9-7-19(20,21)8-10-22/h2-6,15,17H,7-13H2,1H3/t15-,17+/m1/s1. The number of ether oxygens (including phenoxy) is 1. The second kappa shape index (κ2) is 7.70. The number of piperidine rings is 1. The third kappa shape index (κ3) is 3.87. The smallest absolute Gasteiger partial charge is 0.251 e. The summed E-state index contributed by atoms with van der Waals surface area (Å²) in [7, 11) is 1.56. The summed E-state index contributed by atoms with van der Waals surface area (Å²) in [6.07, 6.45) is -0.527. The van der Waals surface area contributed by atoms with E-state index in [2.05, 4.69) is 0 Å².